The summed E-state index contributed by atoms with van der Waals surface area (Å²) in [5, 5.41) is 0. The maximum Gasteiger partial charge on any atom is 0.303 e. The van der Waals surface area contributed by atoms with E-state index in [1.54, 1.807) is 14.0 Å². The molecule has 2 aromatic rings. The van der Waals surface area contributed by atoms with Gasteiger partial charge in [-0.2, -0.15) is 0 Å². The van der Waals surface area contributed by atoms with E-state index in [0.29, 0.717) is 24.0 Å². The van der Waals surface area contributed by atoms with E-state index in [-0.39, 0.29) is 30.7 Å². The van der Waals surface area contributed by atoms with E-state index < -0.39 is 6.10 Å². The monoisotopic (exact) mass is 504 g/mol. The van der Waals surface area contributed by atoms with Gasteiger partial charge in [0.25, 0.3) is 0 Å². The Balaban J connectivity index is 2.06. The fourth-order valence-corrected chi connectivity index (χ4v) is 3.79. The lowest BCUT2D eigenvalue weighted by Gasteiger charge is -2.27. The van der Waals surface area contributed by atoms with Gasteiger partial charge in [0.2, 0.25) is 0 Å². The van der Waals surface area contributed by atoms with E-state index in [0.717, 1.165) is 22.4 Å². The Bertz CT molecular complexity index is 970. The van der Waals surface area contributed by atoms with Crippen LogP contribution in [0.3, 0.4) is 0 Å². The Kier molecular flexibility index (Phi) is 10.9. The highest BCUT2D eigenvalue weighted by molar-refractivity contribution is 6.18. The third kappa shape index (κ3) is 8.79. The van der Waals surface area contributed by atoms with Crippen LogP contribution in [0, 0.1) is 6.92 Å². The predicted molar refractivity (Wildman–Crippen MR) is 139 cm³/mol. The number of benzene rings is 2. The third-order valence-corrected chi connectivity index (χ3v) is 5.90. The number of alkyl halides is 1. The number of methoxy groups -OCH3 is 1. The van der Waals surface area contributed by atoms with E-state index in [1.807, 2.05) is 37.3 Å². The van der Waals surface area contributed by atoms with Crippen molar-refractivity contribution in [2.45, 2.75) is 52.2 Å². The summed E-state index contributed by atoms with van der Waals surface area (Å²) in [6.45, 7) is 14.2. The first-order valence-corrected chi connectivity index (χ1v) is 12.1. The highest BCUT2D eigenvalue weighted by Crippen LogP contribution is 2.34. The summed E-state index contributed by atoms with van der Waals surface area (Å²) >= 11 is 5.97. The summed E-state index contributed by atoms with van der Waals surface area (Å²) in [6.07, 6.45) is -0.700. The minimum absolute atomic E-state index is 0.221. The Hall–Kier alpha value is -2.70. The van der Waals surface area contributed by atoms with Crippen molar-refractivity contribution in [2.24, 2.45) is 0 Å². The van der Waals surface area contributed by atoms with Gasteiger partial charge in [0, 0.05) is 19.4 Å². The van der Waals surface area contributed by atoms with Crippen LogP contribution < -0.4 is 9.47 Å². The molecule has 0 fully saturated rings. The van der Waals surface area contributed by atoms with Crippen molar-refractivity contribution in [3.63, 3.8) is 0 Å². The summed E-state index contributed by atoms with van der Waals surface area (Å²) < 4.78 is 27.6. The van der Waals surface area contributed by atoms with E-state index >= 15 is 0 Å². The normalized spacial score (nSPS) is 13.0. The molecule has 2 rings (SSSR count). The van der Waals surface area contributed by atoms with Crippen molar-refractivity contribution in [1.29, 1.82) is 0 Å². The second-order valence-corrected chi connectivity index (χ2v) is 9.34. The molecule has 0 N–H and O–H groups in total. The quantitative estimate of drug-likeness (QED) is 0.184. The predicted octanol–water partition coefficient (Wildman–Crippen LogP) is 5.81. The van der Waals surface area contributed by atoms with Crippen LogP contribution in [0.25, 0.3) is 0 Å². The molecular weight excluding hydrogens is 468 g/mol. The van der Waals surface area contributed by atoms with Crippen molar-refractivity contribution >= 4 is 17.6 Å². The number of halogens is 1. The lowest BCUT2D eigenvalue weighted by atomic mass is 9.77. The number of carbonyl (C=O) groups is 1. The lowest BCUT2D eigenvalue weighted by Crippen LogP contribution is -2.28. The number of hydrogen-bond acceptors (Lipinski definition) is 6. The lowest BCUT2D eigenvalue weighted by molar-refractivity contribution is -0.150. The average Bonchev–Trinajstić information content (AvgIpc) is 2.80. The summed E-state index contributed by atoms with van der Waals surface area (Å²) in [5.74, 6) is 2.07. The Morgan fingerprint density at radius 3 is 2.11 bits per heavy atom. The Labute approximate surface area is 214 Å². The van der Waals surface area contributed by atoms with Gasteiger partial charge in [0.05, 0.1) is 18.2 Å². The smallest absolute Gasteiger partial charge is 0.303 e. The topological polar surface area (TPSA) is 63.2 Å². The first-order valence-electron chi connectivity index (χ1n) is 11.6. The minimum Gasteiger partial charge on any atom is -0.491 e. The SMILES string of the molecule is C=C(C)O[C@H](CCl)COc1ccc(C(C)(C)c2ccc(OC[C@H](COC)OC(C)=O)cc2)cc1C. The van der Waals surface area contributed by atoms with Crippen LogP contribution in [0.2, 0.25) is 0 Å². The van der Waals surface area contributed by atoms with E-state index in [1.165, 1.54) is 6.92 Å². The molecule has 0 unspecified atom stereocenters. The molecular formula is C28H37ClO6. The number of ether oxygens (including phenoxy) is 5. The molecule has 0 aliphatic carbocycles. The molecule has 0 saturated carbocycles. The molecule has 0 bridgehead atoms. The summed E-state index contributed by atoms with van der Waals surface area (Å²) in [5.41, 5.74) is 3.11. The van der Waals surface area contributed by atoms with E-state index in [2.05, 4.69) is 32.6 Å². The number of rotatable bonds is 14. The van der Waals surface area contributed by atoms with Gasteiger partial charge in [-0.25, -0.2) is 0 Å². The van der Waals surface area contributed by atoms with Gasteiger partial charge in [-0.15, -0.1) is 11.6 Å². The van der Waals surface area contributed by atoms with Gasteiger partial charge < -0.3 is 23.7 Å². The molecule has 2 atom stereocenters. The number of hydrogen-bond donors (Lipinski definition) is 0. The van der Waals surface area contributed by atoms with Crippen molar-refractivity contribution in [3.05, 3.63) is 71.5 Å². The molecule has 0 heterocycles. The third-order valence-electron chi connectivity index (χ3n) is 5.56. The zero-order valence-corrected chi connectivity index (χ0v) is 22.3. The zero-order chi connectivity index (χ0) is 26.0. The standard InChI is InChI=1S/C28H37ClO6/c1-19(2)34-25(15-29)17-33-27-13-10-23(14-20(27)3)28(5,6)22-8-11-24(12-9-22)32-18-26(16-31-7)35-21(4)30/h8-14,25-26H,1,15-18H2,2-7H3/t25-,26+/m1/s1. The number of esters is 1. The van der Waals surface area contributed by atoms with Crippen molar-refractivity contribution < 1.29 is 28.5 Å². The van der Waals surface area contributed by atoms with Crippen LogP contribution in [-0.2, 0) is 24.4 Å². The minimum atomic E-state index is -0.454. The molecule has 2 aromatic carbocycles. The fourth-order valence-electron chi connectivity index (χ4n) is 3.64. The number of aryl methyl sites for hydroxylation is 1. The van der Waals surface area contributed by atoms with Crippen molar-refractivity contribution in [1.82, 2.24) is 0 Å². The van der Waals surface area contributed by atoms with Gasteiger partial charge in [-0.3, -0.25) is 4.79 Å². The van der Waals surface area contributed by atoms with Crippen LogP contribution >= 0.6 is 11.6 Å². The molecule has 0 radical (unpaired) electrons. The van der Waals surface area contributed by atoms with Crippen molar-refractivity contribution in [3.8, 4) is 11.5 Å². The molecule has 0 aromatic heterocycles. The van der Waals surface area contributed by atoms with Gasteiger partial charge in [-0.1, -0.05) is 44.7 Å². The van der Waals surface area contributed by atoms with Crippen LogP contribution in [0.4, 0.5) is 0 Å². The molecule has 0 spiro atoms. The molecule has 0 aliphatic rings. The first-order chi connectivity index (χ1) is 16.6. The second-order valence-electron chi connectivity index (χ2n) is 9.03. The molecule has 0 amide bonds. The van der Waals surface area contributed by atoms with Crippen molar-refractivity contribution in [2.75, 3.05) is 32.8 Å². The Morgan fingerprint density at radius 2 is 1.57 bits per heavy atom. The summed E-state index contributed by atoms with van der Waals surface area (Å²) in [6, 6.07) is 14.2. The summed E-state index contributed by atoms with van der Waals surface area (Å²) in [7, 11) is 1.56. The molecule has 0 aliphatic heterocycles. The van der Waals surface area contributed by atoms with Gasteiger partial charge in [-0.05, 0) is 48.7 Å². The zero-order valence-electron chi connectivity index (χ0n) is 21.6. The average molecular weight is 505 g/mol. The number of allylic oxidation sites excluding steroid dienone is 1. The highest BCUT2D eigenvalue weighted by Gasteiger charge is 2.24. The molecule has 35 heavy (non-hydrogen) atoms. The molecule has 192 valence electrons. The summed E-state index contributed by atoms with van der Waals surface area (Å²) in [4.78, 5) is 11.2. The van der Waals surface area contributed by atoms with Crippen LogP contribution in [0.1, 0.15) is 44.4 Å². The van der Waals surface area contributed by atoms with Gasteiger partial charge in [0.15, 0.2) is 6.10 Å². The first kappa shape index (κ1) is 28.5. The molecule has 6 nitrogen and oxygen atoms in total. The van der Waals surface area contributed by atoms with Crippen LogP contribution in [0.15, 0.2) is 54.8 Å². The maximum atomic E-state index is 11.2. The Morgan fingerprint density at radius 1 is 0.943 bits per heavy atom. The van der Waals surface area contributed by atoms with Gasteiger partial charge in [0.1, 0.15) is 30.8 Å². The van der Waals surface area contributed by atoms with E-state index in [9.17, 15) is 4.79 Å². The molecule has 0 saturated heterocycles. The highest BCUT2D eigenvalue weighted by atomic mass is 35.5. The van der Waals surface area contributed by atoms with Crippen LogP contribution in [0.5, 0.6) is 11.5 Å². The second kappa shape index (κ2) is 13.4. The maximum absolute atomic E-state index is 11.2. The van der Waals surface area contributed by atoms with Crippen LogP contribution in [-0.4, -0.2) is 51.0 Å². The van der Waals surface area contributed by atoms with E-state index in [4.69, 9.17) is 35.3 Å². The largest absolute Gasteiger partial charge is 0.491 e. The fraction of sp³-hybridized carbons (Fsp3) is 0.464. The van der Waals surface area contributed by atoms with Gasteiger partial charge >= 0.3 is 5.97 Å². The number of carbonyl (C=O) groups excluding carboxylic acids is 1. The molecule has 7 heteroatoms.